The van der Waals surface area contributed by atoms with Gasteiger partial charge in [-0.3, -0.25) is 4.98 Å². The molecule has 0 amide bonds. The van der Waals surface area contributed by atoms with E-state index in [0.717, 1.165) is 69.4 Å². The van der Waals surface area contributed by atoms with E-state index in [2.05, 4.69) is 54.2 Å². The number of fused-ring (bicyclic) bond motifs is 2. The molecule has 4 N–H and O–H groups in total. The van der Waals surface area contributed by atoms with Crippen molar-refractivity contribution in [1.29, 1.82) is 0 Å². The van der Waals surface area contributed by atoms with Crippen molar-refractivity contribution in [2.24, 2.45) is 0 Å². The maximum absolute atomic E-state index is 6.20. The highest BCUT2D eigenvalue weighted by atomic mass is 16.5. The molecule has 2 bridgehead atoms. The molecule has 0 fully saturated rings. The molecule has 1 aromatic heterocycles. The van der Waals surface area contributed by atoms with E-state index < -0.39 is 0 Å². The lowest BCUT2D eigenvalue weighted by Gasteiger charge is -2.19. The fourth-order valence-corrected chi connectivity index (χ4v) is 4.24. The van der Waals surface area contributed by atoms with Crippen molar-refractivity contribution in [1.82, 2.24) is 26.3 Å². The highest BCUT2D eigenvalue weighted by Crippen LogP contribution is 2.23. The first-order chi connectivity index (χ1) is 16.2. The SMILES string of the molecule is CCCCCCCCCCCCOc1cc2nc(c1)C(C)NCCNCCNCCNC2C. The lowest BCUT2D eigenvalue weighted by Crippen LogP contribution is -2.35. The van der Waals surface area contributed by atoms with Crippen LogP contribution in [0.15, 0.2) is 12.1 Å². The minimum atomic E-state index is 0.196. The number of hydrogen-bond acceptors (Lipinski definition) is 6. The van der Waals surface area contributed by atoms with Crippen LogP contribution >= 0.6 is 0 Å². The number of nitrogens with one attached hydrogen (secondary N) is 4. The summed E-state index contributed by atoms with van der Waals surface area (Å²) >= 11 is 0. The summed E-state index contributed by atoms with van der Waals surface area (Å²) in [6.45, 7) is 13.2. The van der Waals surface area contributed by atoms with Crippen LogP contribution in [-0.2, 0) is 0 Å². The first-order valence-electron chi connectivity index (χ1n) is 13.7. The normalized spacial score (nSPS) is 20.7. The van der Waals surface area contributed by atoms with Gasteiger partial charge < -0.3 is 26.0 Å². The molecule has 6 heteroatoms. The van der Waals surface area contributed by atoms with Crippen LogP contribution in [0.3, 0.4) is 0 Å². The van der Waals surface area contributed by atoms with Gasteiger partial charge in [-0.2, -0.15) is 0 Å². The number of unbranched alkanes of at least 4 members (excludes halogenated alkanes) is 9. The number of nitrogens with zero attached hydrogens (tertiary/aromatic N) is 1. The van der Waals surface area contributed by atoms with Crippen LogP contribution in [0.4, 0.5) is 0 Å². The second-order valence-corrected chi connectivity index (χ2v) is 9.53. The molecule has 2 atom stereocenters. The molecule has 0 aromatic carbocycles. The molecule has 0 saturated heterocycles. The van der Waals surface area contributed by atoms with Gasteiger partial charge in [0.1, 0.15) is 5.75 Å². The highest BCUT2D eigenvalue weighted by Gasteiger charge is 2.14. The van der Waals surface area contributed by atoms with Crippen molar-refractivity contribution in [3.63, 3.8) is 0 Å². The van der Waals surface area contributed by atoms with Gasteiger partial charge in [-0.15, -0.1) is 0 Å². The molecule has 0 aliphatic carbocycles. The minimum Gasteiger partial charge on any atom is -0.493 e. The molecule has 6 nitrogen and oxygen atoms in total. The van der Waals surface area contributed by atoms with Crippen molar-refractivity contribution in [2.45, 2.75) is 97.1 Å². The second kappa shape index (κ2) is 18.2. The summed E-state index contributed by atoms with van der Waals surface area (Å²) in [4.78, 5) is 4.97. The van der Waals surface area contributed by atoms with Gasteiger partial charge in [0.05, 0.1) is 18.0 Å². The molecular formula is C27H51N5O. The number of ether oxygens (including phenoxy) is 1. The predicted molar refractivity (Wildman–Crippen MR) is 140 cm³/mol. The van der Waals surface area contributed by atoms with Crippen molar-refractivity contribution in [3.8, 4) is 5.75 Å². The molecule has 2 heterocycles. The number of aromatic nitrogens is 1. The highest BCUT2D eigenvalue weighted by molar-refractivity contribution is 5.30. The zero-order chi connectivity index (χ0) is 23.6. The Labute approximate surface area is 203 Å². The van der Waals surface area contributed by atoms with Crippen LogP contribution in [0, 0.1) is 0 Å². The monoisotopic (exact) mass is 461 g/mol. The Morgan fingerprint density at radius 3 is 1.67 bits per heavy atom. The van der Waals surface area contributed by atoms with Gasteiger partial charge in [0.2, 0.25) is 0 Å². The van der Waals surface area contributed by atoms with Crippen molar-refractivity contribution in [2.75, 3.05) is 45.9 Å². The van der Waals surface area contributed by atoms with E-state index in [9.17, 15) is 0 Å². The molecular weight excluding hydrogens is 410 g/mol. The fourth-order valence-electron chi connectivity index (χ4n) is 4.24. The van der Waals surface area contributed by atoms with Crippen LogP contribution < -0.4 is 26.0 Å². The van der Waals surface area contributed by atoms with Crippen LogP contribution in [0.25, 0.3) is 0 Å². The summed E-state index contributed by atoms with van der Waals surface area (Å²) in [6.07, 6.45) is 13.4. The van der Waals surface area contributed by atoms with Crippen molar-refractivity contribution >= 4 is 0 Å². The largest absolute Gasteiger partial charge is 0.493 e. The summed E-state index contributed by atoms with van der Waals surface area (Å²) in [5.74, 6) is 0.953. The number of rotatable bonds is 12. The van der Waals surface area contributed by atoms with E-state index in [4.69, 9.17) is 9.72 Å². The zero-order valence-corrected chi connectivity index (χ0v) is 21.7. The Balaban J connectivity index is 1.80. The van der Waals surface area contributed by atoms with Crippen LogP contribution in [0.2, 0.25) is 0 Å². The number of hydrogen-bond donors (Lipinski definition) is 4. The molecule has 2 rings (SSSR count). The smallest absolute Gasteiger partial charge is 0.123 e. The van der Waals surface area contributed by atoms with Gasteiger partial charge >= 0.3 is 0 Å². The standard InChI is InChI=1S/C27H51N5O/c1-4-5-6-7-8-9-10-11-12-13-20-33-25-21-26-23(2)30-18-16-28-14-15-29-17-19-31-24(3)27(22-25)32-26/h21-24,28-31H,4-20H2,1-3H3. The van der Waals surface area contributed by atoms with E-state index in [1.54, 1.807) is 0 Å². The summed E-state index contributed by atoms with van der Waals surface area (Å²) in [7, 11) is 0. The Bertz CT molecular complexity index is 576. The third-order valence-electron chi connectivity index (χ3n) is 6.48. The molecule has 2 unspecified atom stereocenters. The third kappa shape index (κ3) is 12.7. The molecule has 0 spiro atoms. The third-order valence-corrected chi connectivity index (χ3v) is 6.48. The second-order valence-electron chi connectivity index (χ2n) is 9.53. The Morgan fingerprint density at radius 2 is 1.15 bits per heavy atom. The van der Waals surface area contributed by atoms with Crippen molar-refractivity contribution < 1.29 is 4.74 Å². The van der Waals surface area contributed by atoms with Crippen molar-refractivity contribution in [3.05, 3.63) is 23.5 Å². The Morgan fingerprint density at radius 1 is 0.697 bits per heavy atom. The summed E-state index contributed by atoms with van der Waals surface area (Å²) in [5.41, 5.74) is 2.12. The van der Waals surface area contributed by atoms with E-state index in [1.807, 2.05) is 0 Å². The predicted octanol–water partition coefficient (Wildman–Crippen LogP) is 4.88. The van der Waals surface area contributed by atoms with Gasteiger partial charge in [0, 0.05) is 63.5 Å². The molecule has 33 heavy (non-hydrogen) atoms. The lowest BCUT2D eigenvalue weighted by atomic mass is 10.1. The van der Waals surface area contributed by atoms with Gasteiger partial charge in [-0.1, -0.05) is 64.7 Å². The molecule has 1 aromatic rings. The fraction of sp³-hybridized carbons (Fsp3) is 0.815. The molecule has 0 radical (unpaired) electrons. The van der Waals surface area contributed by atoms with Crippen LogP contribution in [-0.4, -0.2) is 50.9 Å². The van der Waals surface area contributed by atoms with E-state index in [-0.39, 0.29) is 12.1 Å². The lowest BCUT2D eigenvalue weighted by molar-refractivity contribution is 0.302. The zero-order valence-electron chi connectivity index (χ0n) is 21.7. The van der Waals surface area contributed by atoms with Gasteiger partial charge in [0.15, 0.2) is 0 Å². The first kappa shape index (κ1) is 28.0. The number of pyridine rings is 1. The average molecular weight is 462 g/mol. The summed E-state index contributed by atoms with van der Waals surface area (Å²) in [6, 6.07) is 4.64. The minimum absolute atomic E-state index is 0.196. The average Bonchev–Trinajstić information content (AvgIpc) is 2.83. The van der Waals surface area contributed by atoms with E-state index >= 15 is 0 Å². The quantitative estimate of drug-likeness (QED) is 0.333. The molecule has 190 valence electrons. The van der Waals surface area contributed by atoms with Gasteiger partial charge in [-0.05, 0) is 20.3 Å². The maximum Gasteiger partial charge on any atom is 0.123 e. The van der Waals surface area contributed by atoms with E-state index in [1.165, 1.54) is 57.8 Å². The Kier molecular flexibility index (Phi) is 15.4. The Hall–Kier alpha value is -1.21. The molecule has 1 aliphatic rings. The van der Waals surface area contributed by atoms with Crippen LogP contribution in [0.5, 0.6) is 5.75 Å². The van der Waals surface area contributed by atoms with E-state index in [0.29, 0.717) is 0 Å². The molecule has 1 aliphatic heterocycles. The molecule has 0 saturated carbocycles. The first-order valence-corrected chi connectivity index (χ1v) is 13.7. The van der Waals surface area contributed by atoms with Crippen LogP contribution in [0.1, 0.15) is 108 Å². The summed E-state index contributed by atoms with van der Waals surface area (Å²) < 4.78 is 6.20. The van der Waals surface area contributed by atoms with Gasteiger partial charge in [0.25, 0.3) is 0 Å². The maximum atomic E-state index is 6.20. The summed E-state index contributed by atoms with van der Waals surface area (Å²) in [5, 5.41) is 14.1. The van der Waals surface area contributed by atoms with Gasteiger partial charge in [-0.25, -0.2) is 0 Å². The topological polar surface area (TPSA) is 70.2 Å².